The second-order valence-electron chi connectivity index (χ2n) is 5.41. The van der Waals surface area contributed by atoms with Gasteiger partial charge in [-0.25, -0.2) is 0 Å². The molecular formula is C17H21NO. The lowest BCUT2D eigenvalue weighted by molar-refractivity contribution is 0.415. The van der Waals surface area contributed by atoms with Crippen LogP contribution in [-0.4, -0.2) is 12.1 Å². The van der Waals surface area contributed by atoms with Crippen LogP contribution in [0.2, 0.25) is 0 Å². The summed E-state index contributed by atoms with van der Waals surface area (Å²) in [5.41, 5.74) is 3.84. The van der Waals surface area contributed by atoms with Crippen LogP contribution < -0.4 is 4.74 Å². The van der Waals surface area contributed by atoms with Crippen LogP contribution in [0.15, 0.2) is 36.5 Å². The smallest absolute Gasteiger partial charge is 0.136 e. The third kappa shape index (κ3) is 2.67. The zero-order valence-corrected chi connectivity index (χ0v) is 11.5. The molecule has 3 rings (SSSR count). The number of benzene rings is 1. The molecule has 0 spiro atoms. The Labute approximate surface area is 114 Å². The third-order valence-electron chi connectivity index (χ3n) is 4.19. The van der Waals surface area contributed by atoms with Crippen LogP contribution in [0.3, 0.4) is 0 Å². The molecule has 0 radical (unpaired) electrons. The second kappa shape index (κ2) is 5.52. The summed E-state index contributed by atoms with van der Waals surface area (Å²) in [7, 11) is 1.69. The number of nitrogens with one attached hydrogen (secondary N) is 1. The van der Waals surface area contributed by atoms with Gasteiger partial charge in [0.15, 0.2) is 0 Å². The molecule has 1 saturated carbocycles. The van der Waals surface area contributed by atoms with E-state index in [9.17, 15) is 0 Å². The molecule has 1 aliphatic rings. The summed E-state index contributed by atoms with van der Waals surface area (Å²) < 4.78 is 5.20. The van der Waals surface area contributed by atoms with Crippen molar-refractivity contribution in [3.05, 3.63) is 42.1 Å². The summed E-state index contributed by atoms with van der Waals surface area (Å²) in [5.74, 6) is 1.66. The van der Waals surface area contributed by atoms with E-state index in [1.807, 2.05) is 12.3 Å². The van der Waals surface area contributed by atoms with Crippen LogP contribution in [-0.2, 0) is 0 Å². The van der Waals surface area contributed by atoms with E-state index in [2.05, 4.69) is 29.2 Å². The highest BCUT2D eigenvalue weighted by Gasteiger charge is 2.15. The van der Waals surface area contributed by atoms with Gasteiger partial charge in [0.2, 0.25) is 0 Å². The molecule has 100 valence electrons. The van der Waals surface area contributed by atoms with Crippen LogP contribution in [0.5, 0.6) is 5.75 Å². The molecule has 2 aromatic rings. The number of aromatic nitrogens is 1. The van der Waals surface area contributed by atoms with Crippen LogP contribution in [0, 0.1) is 0 Å². The van der Waals surface area contributed by atoms with Crippen LogP contribution in [0.25, 0.3) is 11.3 Å². The van der Waals surface area contributed by atoms with E-state index in [0.29, 0.717) is 0 Å². The normalized spacial score (nSPS) is 16.5. The van der Waals surface area contributed by atoms with Gasteiger partial charge < -0.3 is 9.72 Å². The van der Waals surface area contributed by atoms with Crippen molar-refractivity contribution < 1.29 is 4.74 Å². The SMILES string of the molecule is COc1c[nH]c(-c2ccc(C3CCCCC3)cc2)c1. The van der Waals surface area contributed by atoms with Gasteiger partial charge in [0, 0.05) is 18.0 Å². The molecule has 0 bridgehead atoms. The number of H-pyrrole nitrogens is 1. The Morgan fingerprint density at radius 1 is 1.05 bits per heavy atom. The first-order chi connectivity index (χ1) is 9.36. The molecule has 0 aliphatic heterocycles. The molecule has 0 amide bonds. The van der Waals surface area contributed by atoms with Gasteiger partial charge in [-0.15, -0.1) is 0 Å². The lowest BCUT2D eigenvalue weighted by Gasteiger charge is -2.22. The largest absolute Gasteiger partial charge is 0.495 e. The molecule has 2 heteroatoms. The Bertz CT molecular complexity index is 520. The Balaban J connectivity index is 1.78. The third-order valence-corrected chi connectivity index (χ3v) is 4.19. The molecule has 0 saturated heterocycles. The van der Waals surface area contributed by atoms with Crippen LogP contribution in [0.4, 0.5) is 0 Å². The molecule has 1 aromatic heterocycles. The lowest BCUT2D eigenvalue weighted by atomic mass is 9.84. The molecule has 0 unspecified atom stereocenters. The van der Waals surface area contributed by atoms with E-state index in [-0.39, 0.29) is 0 Å². The van der Waals surface area contributed by atoms with Gasteiger partial charge in [0.05, 0.1) is 7.11 Å². The van der Waals surface area contributed by atoms with Gasteiger partial charge >= 0.3 is 0 Å². The Kier molecular flexibility index (Phi) is 3.58. The minimum Gasteiger partial charge on any atom is -0.495 e. The maximum Gasteiger partial charge on any atom is 0.136 e. The predicted molar refractivity (Wildman–Crippen MR) is 78.6 cm³/mol. The summed E-state index contributed by atoms with van der Waals surface area (Å²) in [6.07, 6.45) is 8.80. The first kappa shape index (κ1) is 12.3. The fourth-order valence-corrected chi connectivity index (χ4v) is 3.03. The van der Waals surface area contributed by atoms with Crippen LogP contribution >= 0.6 is 0 Å². The van der Waals surface area contributed by atoms with Crippen molar-refractivity contribution in [2.24, 2.45) is 0 Å². The number of hydrogen-bond acceptors (Lipinski definition) is 1. The zero-order chi connectivity index (χ0) is 13.1. The first-order valence-electron chi connectivity index (χ1n) is 7.19. The Morgan fingerprint density at radius 2 is 1.79 bits per heavy atom. The maximum atomic E-state index is 5.20. The van der Waals surface area contributed by atoms with E-state index in [1.165, 1.54) is 43.2 Å². The number of methoxy groups -OCH3 is 1. The molecule has 19 heavy (non-hydrogen) atoms. The van der Waals surface area contributed by atoms with Crippen molar-refractivity contribution in [3.63, 3.8) is 0 Å². The van der Waals surface area contributed by atoms with Crippen molar-refractivity contribution in [2.75, 3.05) is 7.11 Å². The summed E-state index contributed by atoms with van der Waals surface area (Å²) in [6.45, 7) is 0. The maximum absolute atomic E-state index is 5.20. The lowest BCUT2D eigenvalue weighted by Crippen LogP contribution is -2.04. The highest BCUT2D eigenvalue weighted by Crippen LogP contribution is 2.33. The number of hydrogen-bond donors (Lipinski definition) is 1. The first-order valence-corrected chi connectivity index (χ1v) is 7.19. The molecule has 1 heterocycles. The minimum absolute atomic E-state index is 0.779. The van der Waals surface area contributed by atoms with Crippen molar-refractivity contribution in [2.45, 2.75) is 38.0 Å². The van der Waals surface area contributed by atoms with E-state index in [4.69, 9.17) is 4.74 Å². The quantitative estimate of drug-likeness (QED) is 0.842. The van der Waals surface area contributed by atoms with Crippen LogP contribution in [0.1, 0.15) is 43.6 Å². The minimum atomic E-state index is 0.779. The molecule has 1 aromatic carbocycles. The van der Waals surface area contributed by atoms with E-state index >= 15 is 0 Å². The fourth-order valence-electron chi connectivity index (χ4n) is 3.03. The van der Waals surface area contributed by atoms with Crippen molar-refractivity contribution in [1.82, 2.24) is 4.98 Å². The predicted octanol–water partition coefficient (Wildman–Crippen LogP) is 4.74. The average Bonchev–Trinajstić information content (AvgIpc) is 2.97. The van der Waals surface area contributed by atoms with Crippen molar-refractivity contribution in [1.29, 1.82) is 0 Å². The highest BCUT2D eigenvalue weighted by atomic mass is 16.5. The number of ether oxygens (including phenoxy) is 1. The van der Waals surface area contributed by atoms with E-state index < -0.39 is 0 Å². The summed E-state index contributed by atoms with van der Waals surface area (Å²) in [4.78, 5) is 3.25. The van der Waals surface area contributed by atoms with E-state index in [0.717, 1.165) is 17.4 Å². The fraction of sp³-hybridized carbons (Fsp3) is 0.412. The Morgan fingerprint density at radius 3 is 2.42 bits per heavy atom. The Hall–Kier alpha value is -1.70. The average molecular weight is 255 g/mol. The molecule has 1 aliphatic carbocycles. The van der Waals surface area contributed by atoms with Gasteiger partial charge in [-0.2, -0.15) is 0 Å². The number of aromatic amines is 1. The molecule has 2 nitrogen and oxygen atoms in total. The standard InChI is InChI=1S/C17H21NO/c1-19-16-11-17(18-12-16)15-9-7-14(8-10-15)13-5-3-2-4-6-13/h7-13,18H,2-6H2,1H3. The molecule has 1 fully saturated rings. The van der Waals surface area contributed by atoms with Gasteiger partial charge in [0.1, 0.15) is 5.75 Å². The van der Waals surface area contributed by atoms with Gasteiger partial charge in [-0.3, -0.25) is 0 Å². The molecular weight excluding hydrogens is 234 g/mol. The van der Waals surface area contributed by atoms with Crippen molar-refractivity contribution in [3.8, 4) is 17.0 Å². The summed E-state index contributed by atoms with van der Waals surface area (Å²) in [5, 5.41) is 0. The van der Waals surface area contributed by atoms with E-state index in [1.54, 1.807) is 7.11 Å². The highest BCUT2D eigenvalue weighted by molar-refractivity contribution is 5.61. The number of rotatable bonds is 3. The molecule has 1 N–H and O–H groups in total. The zero-order valence-electron chi connectivity index (χ0n) is 11.5. The van der Waals surface area contributed by atoms with Crippen molar-refractivity contribution >= 4 is 0 Å². The van der Waals surface area contributed by atoms with Gasteiger partial charge in [-0.05, 0) is 29.9 Å². The monoisotopic (exact) mass is 255 g/mol. The second-order valence-corrected chi connectivity index (χ2v) is 5.41. The van der Waals surface area contributed by atoms with Gasteiger partial charge in [0.25, 0.3) is 0 Å². The van der Waals surface area contributed by atoms with Gasteiger partial charge in [-0.1, -0.05) is 43.5 Å². The topological polar surface area (TPSA) is 25.0 Å². The summed E-state index contributed by atoms with van der Waals surface area (Å²) >= 11 is 0. The molecule has 0 atom stereocenters. The summed E-state index contributed by atoms with van der Waals surface area (Å²) in [6, 6.07) is 11.1.